The van der Waals surface area contributed by atoms with E-state index in [0.717, 1.165) is 21.8 Å². The molecule has 3 aromatic carbocycles. The molecule has 1 heterocycles. The third-order valence-electron chi connectivity index (χ3n) is 5.01. The first-order chi connectivity index (χ1) is 25.2. The van der Waals surface area contributed by atoms with Crippen LogP contribution in [-0.2, 0) is 110 Å². The molecule has 0 aliphatic heterocycles. The molecular formula is C24H21NO25S. The van der Waals surface area contributed by atoms with Crippen molar-refractivity contribution in [2.45, 2.75) is 0 Å². The van der Waals surface area contributed by atoms with E-state index in [1.807, 2.05) is 24.3 Å². The van der Waals surface area contributed by atoms with Crippen molar-refractivity contribution in [2.75, 3.05) is 14.2 Å². The van der Waals surface area contributed by atoms with Gasteiger partial charge in [0, 0.05) is 77.0 Å². The van der Waals surface area contributed by atoms with Crippen LogP contribution in [0, 0.1) is 0 Å². The van der Waals surface area contributed by atoms with E-state index in [9.17, 15) is 4.79 Å². The van der Waals surface area contributed by atoms with Gasteiger partial charge < -0.3 is 9.47 Å². The number of thiazole rings is 1. The molecule has 1 N–H and O–H groups in total. The van der Waals surface area contributed by atoms with Crippen LogP contribution in [-0.4, -0.2) is 30.9 Å². The highest BCUT2D eigenvalue weighted by Gasteiger charge is 2.11. The van der Waals surface area contributed by atoms with Gasteiger partial charge in [0.05, 0.1) is 19.9 Å². The Balaban J connectivity index is 0.000000278. The highest BCUT2D eigenvalue weighted by atomic mass is 32.1. The van der Waals surface area contributed by atoms with Crippen LogP contribution in [0.1, 0.15) is 0 Å². The van der Waals surface area contributed by atoms with Crippen molar-refractivity contribution in [3.05, 3.63) is 78.2 Å². The molecular weight excluding hydrogens is 734 g/mol. The van der Waals surface area contributed by atoms with Crippen molar-refractivity contribution < 1.29 is 125 Å². The lowest BCUT2D eigenvalue weighted by Gasteiger charge is -2.08. The van der Waals surface area contributed by atoms with Gasteiger partial charge in [0.2, 0.25) is 0 Å². The summed E-state index contributed by atoms with van der Waals surface area (Å²) < 4.78 is 10.7. The number of nitrogens with zero attached hydrogens (tertiary/aromatic N) is 1. The molecule has 0 bridgehead atoms. The van der Waals surface area contributed by atoms with Gasteiger partial charge in [0.15, 0.2) is 11.5 Å². The van der Waals surface area contributed by atoms with E-state index in [2.05, 4.69) is 160 Å². The monoisotopic (exact) mass is 755 g/mol. The molecule has 0 saturated heterocycles. The van der Waals surface area contributed by atoms with Gasteiger partial charge in [-0.1, -0.05) is 48.5 Å². The summed E-state index contributed by atoms with van der Waals surface area (Å²) in [6, 6.07) is 24.7. The van der Waals surface area contributed by atoms with Crippen molar-refractivity contribution in [3.8, 4) is 44.5 Å². The fourth-order valence-electron chi connectivity index (χ4n) is 3.23. The zero-order valence-corrected chi connectivity index (χ0v) is 26.0. The first-order valence-corrected chi connectivity index (χ1v) is 13.5. The lowest BCUT2D eigenvalue weighted by molar-refractivity contribution is -0.896. The standard InChI is InChI=1S/C23H19NO2S.CH2O23/c1-25-21-12-11-19(14-22(21)26-2)23-24-20(15-27-23)18-10-6-9-17(13-18)16-7-4-3-5-8-16;2-1-4-6-8-10-12-14-16-18-20-22-24-23-21-19-17-15-13-11-9-7-5-3/h3-15H,1-2H3;1,3H. The maximum atomic E-state index is 9.49. The summed E-state index contributed by atoms with van der Waals surface area (Å²) in [7, 11) is 3.28. The number of hydrogen-bond acceptors (Lipinski definition) is 27. The van der Waals surface area contributed by atoms with Crippen LogP contribution in [0.3, 0.4) is 0 Å². The smallest absolute Gasteiger partial charge is 0.334 e. The number of aromatic nitrogens is 1. The quantitative estimate of drug-likeness (QED) is 0.0402. The summed E-state index contributed by atoms with van der Waals surface area (Å²) in [5, 5.41) is 78.7. The third-order valence-corrected chi connectivity index (χ3v) is 5.90. The van der Waals surface area contributed by atoms with Gasteiger partial charge in [0.1, 0.15) is 5.01 Å². The molecule has 0 fully saturated rings. The summed E-state index contributed by atoms with van der Waals surface area (Å²) in [6.45, 7) is -0.158. The molecule has 0 saturated carbocycles. The Bertz CT molecular complexity index is 1480. The number of hydrogen-bond donors (Lipinski definition) is 1. The molecule has 27 heteroatoms. The van der Waals surface area contributed by atoms with Crippen LogP contribution in [0.2, 0.25) is 0 Å². The largest absolute Gasteiger partial charge is 0.493 e. The number of carbonyl (C=O) groups excluding carboxylic acids is 1. The van der Waals surface area contributed by atoms with Crippen LogP contribution in [0.5, 0.6) is 11.5 Å². The molecule has 4 rings (SSSR count). The minimum Gasteiger partial charge on any atom is -0.493 e. The summed E-state index contributed by atoms with van der Waals surface area (Å²) >= 11 is 1.62. The predicted molar refractivity (Wildman–Crippen MR) is 143 cm³/mol. The zero-order valence-electron chi connectivity index (χ0n) is 25.2. The molecule has 0 radical (unpaired) electrons. The van der Waals surface area contributed by atoms with E-state index >= 15 is 0 Å². The third kappa shape index (κ3) is 16.4. The Morgan fingerprint density at radius 1 is 0.529 bits per heavy atom. The molecule has 0 aliphatic carbocycles. The number of carbonyl (C=O) groups is 1. The summed E-state index contributed by atoms with van der Waals surface area (Å²) in [5.41, 5.74) is 5.49. The average Bonchev–Trinajstić information content (AvgIpc) is 3.68. The van der Waals surface area contributed by atoms with Crippen molar-refractivity contribution in [1.82, 2.24) is 4.98 Å². The van der Waals surface area contributed by atoms with Gasteiger partial charge in [-0.3, -0.25) is 9.68 Å². The highest BCUT2D eigenvalue weighted by molar-refractivity contribution is 7.13. The average molecular weight is 755 g/mol. The SMILES string of the molecule is COc1ccc(-c2nc(-c3cccc(-c4ccccc4)c3)cs2)cc1OC.O=COOOOOOOOOOOOOOOOOOOOOO. The van der Waals surface area contributed by atoms with Crippen molar-refractivity contribution in [2.24, 2.45) is 0 Å². The minimum absolute atomic E-state index is 0.158. The van der Waals surface area contributed by atoms with Crippen molar-refractivity contribution in [3.63, 3.8) is 0 Å². The number of rotatable bonds is 26. The Hall–Kier alpha value is -4.48. The van der Waals surface area contributed by atoms with Gasteiger partial charge >= 0.3 is 6.47 Å². The lowest BCUT2D eigenvalue weighted by Crippen LogP contribution is -2.05. The molecule has 26 nitrogen and oxygen atoms in total. The van der Waals surface area contributed by atoms with E-state index in [1.165, 1.54) is 11.1 Å². The van der Waals surface area contributed by atoms with Gasteiger partial charge in [-0.25, -0.2) is 10.2 Å². The van der Waals surface area contributed by atoms with Crippen LogP contribution >= 0.6 is 11.3 Å². The van der Waals surface area contributed by atoms with Gasteiger partial charge in [-0.15, -0.1) is 11.3 Å². The van der Waals surface area contributed by atoms with Crippen LogP contribution in [0.25, 0.3) is 33.0 Å². The summed E-state index contributed by atoms with van der Waals surface area (Å²) in [6.07, 6.45) is 0. The lowest BCUT2D eigenvalue weighted by atomic mass is 10.0. The van der Waals surface area contributed by atoms with Crippen LogP contribution in [0.4, 0.5) is 0 Å². The first-order valence-electron chi connectivity index (χ1n) is 12.6. The van der Waals surface area contributed by atoms with E-state index in [4.69, 9.17) is 19.7 Å². The highest BCUT2D eigenvalue weighted by Crippen LogP contribution is 2.35. The number of benzene rings is 3. The maximum Gasteiger partial charge on any atom is 0.334 e. The van der Waals surface area contributed by atoms with Crippen LogP contribution in [0.15, 0.2) is 78.2 Å². The maximum absolute atomic E-state index is 9.49. The molecule has 278 valence electrons. The van der Waals surface area contributed by atoms with Gasteiger partial charge in [-0.05, 0) is 75.7 Å². The molecule has 4 aromatic rings. The van der Waals surface area contributed by atoms with E-state index < -0.39 is 0 Å². The molecule has 0 unspecified atom stereocenters. The zero-order chi connectivity index (χ0) is 36.2. The summed E-state index contributed by atoms with van der Waals surface area (Å²) in [5.74, 6) is 1.42. The van der Waals surface area contributed by atoms with Crippen LogP contribution < -0.4 is 9.47 Å². The molecule has 0 atom stereocenters. The number of ether oxygens (including phenoxy) is 2. The second-order valence-electron chi connectivity index (χ2n) is 7.61. The fourth-order valence-corrected chi connectivity index (χ4v) is 4.06. The molecule has 51 heavy (non-hydrogen) atoms. The Labute approximate surface area is 285 Å². The summed E-state index contributed by atoms with van der Waals surface area (Å²) in [4.78, 5) is 17.8. The van der Waals surface area contributed by atoms with E-state index in [1.54, 1.807) is 25.6 Å². The number of methoxy groups -OCH3 is 2. The van der Waals surface area contributed by atoms with Gasteiger partial charge in [0.25, 0.3) is 0 Å². The Kier molecular flexibility index (Phi) is 21.2. The minimum atomic E-state index is -0.158. The van der Waals surface area contributed by atoms with Crippen molar-refractivity contribution in [1.29, 1.82) is 0 Å². The normalized spacial score (nSPS) is 10.7. The van der Waals surface area contributed by atoms with E-state index in [0.29, 0.717) is 11.5 Å². The predicted octanol–water partition coefficient (Wildman–Crippen LogP) is 4.43. The molecule has 0 aliphatic rings. The second-order valence-corrected chi connectivity index (χ2v) is 8.47. The Morgan fingerprint density at radius 2 is 1.04 bits per heavy atom. The first kappa shape index (κ1) is 40.9. The Morgan fingerprint density at radius 3 is 1.57 bits per heavy atom. The molecule has 0 amide bonds. The van der Waals surface area contributed by atoms with Gasteiger partial charge in [-0.2, -0.15) is 0 Å². The molecule has 1 aromatic heterocycles. The second kappa shape index (κ2) is 26.3. The van der Waals surface area contributed by atoms with E-state index in [-0.39, 0.29) is 6.47 Å². The topological polar surface area (TPSA) is 262 Å². The fraction of sp³-hybridized carbons (Fsp3) is 0.0833. The molecule has 0 spiro atoms. The van der Waals surface area contributed by atoms with Crippen molar-refractivity contribution >= 4 is 17.8 Å².